The summed E-state index contributed by atoms with van der Waals surface area (Å²) in [5, 5.41) is 25.9. The maximum absolute atomic E-state index is 11.5. The van der Waals surface area contributed by atoms with Gasteiger partial charge >= 0.3 is 5.97 Å². The number of allylic oxidation sites excluding steroid dienone is 1. The minimum Gasteiger partial charge on any atom is -0.507 e. The molecule has 5 nitrogen and oxygen atoms in total. The second-order valence-electron chi connectivity index (χ2n) is 3.72. The fourth-order valence-electron chi connectivity index (χ4n) is 1.53. The van der Waals surface area contributed by atoms with Gasteiger partial charge in [0.05, 0.1) is 16.4 Å². The van der Waals surface area contributed by atoms with Crippen molar-refractivity contribution in [3.63, 3.8) is 0 Å². The van der Waals surface area contributed by atoms with Gasteiger partial charge in [-0.05, 0) is 23.8 Å². The van der Waals surface area contributed by atoms with Gasteiger partial charge in [0.2, 0.25) is 0 Å². The Morgan fingerprint density at radius 3 is 2.72 bits per heavy atom. The van der Waals surface area contributed by atoms with E-state index in [1.807, 2.05) is 0 Å². The van der Waals surface area contributed by atoms with Crippen LogP contribution in [0.15, 0.2) is 23.1 Å². The van der Waals surface area contributed by atoms with Crippen LogP contribution in [-0.4, -0.2) is 27.0 Å². The molecular formula is C12H9NO4S. The SMILES string of the molecule is N=C1CC(=O)/C(=C/c2ccc(O)c(C(=O)O)c2)S1. The van der Waals surface area contributed by atoms with Crippen LogP contribution in [0.2, 0.25) is 0 Å². The first-order chi connectivity index (χ1) is 8.47. The summed E-state index contributed by atoms with van der Waals surface area (Å²) >= 11 is 1.07. The number of carboxylic acids is 1. The highest BCUT2D eigenvalue weighted by Gasteiger charge is 2.23. The molecule has 1 aliphatic rings. The molecule has 18 heavy (non-hydrogen) atoms. The number of Topliss-reactive ketones (excluding diaryl/α,β-unsaturated/α-hetero) is 1. The average Bonchev–Trinajstić information content (AvgIpc) is 2.60. The lowest BCUT2D eigenvalue weighted by Gasteiger charge is -2.01. The Morgan fingerprint density at radius 2 is 2.17 bits per heavy atom. The summed E-state index contributed by atoms with van der Waals surface area (Å²) in [7, 11) is 0. The maximum Gasteiger partial charge on any atom is 0.339 e. The van der Waals surface area contributed by atoms with Crippen molar-refractivity contribution >= 4 is 34.6 Å². The number of benzene rings is 1. The van der Waals surface area contributed by atoms with Gasteiger partial charge in [0.15, 0.2) is 5.78 Å². The average molecular weight is 263 g/mol. The zero-order chi connectivity index (χ0) is 13.3. The van der Waals surface area contributed by atoms with Gasteiger partial charge in [-0.2, -0.15) is 0 Å². The van der Waals surface area contributed by atoms with E-state index in [0.717, 1.165) is 11.8 Å². The van der Waals surface area contributed by atoms with Gasteiger partial charge in [0, 0.05) is 0 Å². The Bertz CT molecular complexity index is 592. The highest BCUT2D eigenvalue weighted by molar-refractivity contribution is 8.18. The minimum absolute atomic E-state index is 0.0976. The summed E-state index contributed by atoms with van der Waals surface area (Å²) in [4.78, 5) is 22.7. The smallest absolute Gasteiger partial charge is 0.339 e. The quantitative estimate of drug-likeness (QED) is 0.710. The van der Waals surface area contributed by atoms with Gasteiger partial charge < -0.3 is 10.2 Å². The molecule has 1 aromatic rings. The Balaban J connectivity index is 2.38. The molecule has 0 bridgehead atoms. The zero-order valence-electron chi connectivity index (χ0n) is 9.14. The number of hydrogen-bond donors (Lipinski definition) is 3. The van der Waals surface area contributed by atoms with E-state index in [2.05, 4.69) is 0 Å². The Morgan fingerprint density at radius 1 is 1.44 bits per heavy atom. The molecule has 0 amide bonds. The molecule has 0 saturated carbocycles. The number of carbonyl (C=O) groups excluding carboxylic acids is 1. The second-order valence-corrected chi connectivity index (χ2v) is 4.85. The summed E-state index contributed by atoms with van der Waals surface area (Å²) in [5.74, 6) is -1.69. The summed E-state index contributed by atoms with van der Waals surface area (Å²) in [6.07, 6.45) is 1.63. The van der Waals surface area contributed by atoms with Crippen molar-refractivity contribution in [3.05, 3.63) is 34.2 Å². The standard InChI is InChI=1S/C12H9NO4S/c13-11-5-9(15)10(18-11)4-6-1-2-8(14)7(3-6)12(16)17/h1-4,13-14H,5H2,(H,16,17)/b10-4-,13-11?. The zero-order valence-corrected chi connectivity index (χ0v) is 9.95. The molecule has 3 N–H and O–H groups in total. The van der Waals surface area contributed by atoms with Crippen LogP contribution in [0.3, 0.4) is 0 Å². The van der Waals surface area contributed by atoms with E-state index in [-0.39, 0.29) is 28.6 Å². The summed E-state index contributed by atoms with van der Waals surface area (Å²) in [6.45, 7) is 0. The number of aromatic hydroxyl groups is 1. The molecular weight excluding hydrogens is 254 g/mol. The third kappa shape index (κ3) is 2.43. The number of carboxylic acid groups (broad SMARTS) is 1. The fourth-order valence-corrected chi connectivity index (χ4v) is 2.38. The molecule has 1 aliphatic heterocycles. The first-order valence-electron chi connectivity index (χ1n) is 5.04. The first-order valence-corrected chi connectivity index (χ1v) is 5.85. The highest BCUT2D eigenvalue weighted by Crippen LogP contribution is 2.31. The van der Waals surface area contributed by atoms with E-state index in [9.17, 15) is 14.7 Å². The molecule has 0 spiro atoms. The molecule has 92 valence electrons. The van der Waals surface area contributed by atoms with E-state index < -0.39 is 5.97 Å². The lowest BCUT2D eigenvalue weighted by Crippen LogP contribution is -1.97. The first kappa shape index (κ1) is 12.4. The summed E-state index contributed by atoms with van der Waals surface area (Å²) < 4.78 is 0. The molecule has 6 heteroatoms. The number of ketones is 1. The molecule has 0 atom stereocenters. The van der Waals surface area contributed by atoms with E-state index >= 15 is 0 Å². The molecule has 2 rings (SSSR count). The normalized spacial score (nSPS) is 17.4. The van der Waals surface area contributed by atoms with Gasteiger partial charge in [0.1, 0.15) is 11.3 Å². The lowest BCUT2D eigenvalue weighted by molar-refractivity contribution is -0.113. The molecule has 1 fully saturated rings. The maximum atomic E-state index is 11.5. The molecule has 0 radical (unpaired) electrons. The van der Waals surface area contributed by atoms with Crippen LogP contribution in [0.5, 0.6) is 5.75 Å². The van der Waals surface area contributed by atoms with Crippen molar-refractivity contribution in [2.24, 2.45) is 0 Å². The third-order valence-electron chi connectivity index (χ3n) is 2.38. The molecule has 1 aromatic carbocycles. The van der Waals surface area contributed by atoms with Gasteiger partial charge in [0.25, 0.3) is 0 Å². The second kappa shape index (κ2) is 4.66. The van der Waals surface area contributed by atoms with E-state index in [4.69, 9.17) is 10.5 Å². The van der Waals surface area contributed by atoms with Gasteiger partial charge in [-0.1, -0.05) is 17.8 Å². The number of nitrogens with one attached hydrogen (secondary N) is 1. The van der Waals surface area contributed by atoms with Crippen molar-refractivity contribution in [2.45, 2.75) is 6.42 Å². The Kier molecular flexibility index (Phi) is 3.20. The molecule has 1 saturated heterocycles. The van der Waals surface area contributed by atoms with Crippen LogP contribution in [0.25, 0.3) is 6.08 Å². The number of aromatic carboxylic acids is 1. The largest absolute Gasteiger partial charge is 0.507 e. The topological polar surface area (TPSA) is 98.5 Å². The van der Waals surface area contributed by atoms with Gasteiger partial charge in [-0.15, -0.1) is 0 Å². The number of carbonyl (C=O) groups is 2. The van der Waals surface area contributed by atoms with Gasteiger partial charge in [-0.3, -0.25) is 10.2 Å². The number of rotatable bonds is 2. The summed E-state index contributed by atoms with van der Waals surface area (Å²) in [6, 6.07) is 4.08. The van der Waals surface area contributed by atoms with Crippen LogP contribution in [0.4, 0.5) is 0 Å². The number of hydrogen-bond acceptors (Lipinski definition) is 5. The Labute approximate surface area is 107 Å². The van der Waals surface area contributed by atoms with Crippen LogP contribution in [0, 0.1) is 5.41 Å². The number of thioether (sulfide) groups is 1. The minimum atomic E-state index is -1.23. The van der Waals surface area contributed by atoms with E-state index in [1.54, 1.807) is 0 Å². The number of phenols is 1. The van der Waals surface area contributed by atoms with Gasteiger partial charge in [-0.25, -0.2) is 4.79 Å². The monoisotopic (exact) mass is 263 g/mol. The summed E-state index contributed by atoms with van der Waals surface area (Å²) in [5.41, 5.74) is 0.297. The predicted octanol–water partition coefficient (Wildman–Crippen LogP) is 2.11. The van der Waals surface area contributed by atoms with E-state index in [0.29, 0.717) is 10.5 Å². The Hall–Kier alpha value is -2.08. The lowest BCUT2D eigenvalue weighted by atomic mass is 10.1. The predicted molar refractivity (Wildman–Crippen MR) is 68.0 cm³/mol. The van der Waals surface area contributed by atoms with Crippen molar-refractivity contribution in [2.75, 3.05) is 0 Å². The molecule has 0 aromatic heterocycles. The van der Waals surface area contributed by atoms with Crippen molar-refractivity contribution in [1.82, 2.24) is 0 Å². The van der Waals surface area contributed by atoms with Crippen LogP contribution < -0.4 is 0 Å². The van der Waals surface area contributed by atoms with Crippen LogP contribution in [0.1, 0.15) is 22.3 Å². The van der Waals surface area contributed by atoms with Crippen molar-refractivity contribution in [1.29, 1.82) is 5.41 Å². The van der Waals surface area contributed by atoms with E-state index in [1.165, 1.54) is 24.3 Å². The molecule has 0 unspecified atom stereocenters. The molecule has 0 aliphatic carbocycles. The van der Waals surface area contributed by atoms with Crippen molar-refractivity contribution < 1.29 is 19.8 Å². The highest BCUT2D eigenvalue weighted by atomic mass is 32.2. The fraction of sp³-hybridized carbons (Fsp3) is 0.0833. The molecule has 1 heterocycles. The third-order valence-corrected chi connectivity index (χ3v) is 3.33. The van der Waals surface area contributed by atoms with Crippen LogP contribution in [-0.2, 0) is 4.79 Å². The van der Waals surface area contributed by atoms with Crippen LogP contribution >= 0.6 is 11.8 Å². The van der Waals surface area contributed by atoms with Crippen molar-refractivity contribution in [3.8, 4) is 5.75 Å².